The first kappa shape index (κ1) is 11.5. The van der Waals surface area contributed by atoms with Crippen molar-refractivity contribution in [3.8, 4) is 0 Å². The molecule has 0 aromatic rings. The fourth-order valence-electron chi connectivity index (χ4n) is 1.87. The fourth-order valence-corrected chi connectivity index (χ4v) is 1.87. The zero-order valence-corrected chi connectivity index (χ0v) is 9.66. The summed E-state index contributed by atoms with van der Waals surface area (Å²) in [6, 6.07) is 1.16. The van der Waals surface area contributed by atoms with Crippen LogP contribution in [0.1, 0.15) is 26.7 Å². The second-order valence-electron chi connectivity index (χ2n) is 4.21. The molecule has 14 heavy (non-hydrogen) atoms. The molecule has 0 atom stereocenters. The van der Waals surface area contributed by atoms with Crippen LogP contribution in [0.3, 0.4) is 0 Å². The lowest BCUT2D eigenvalue weighted by Crippen LogP contribution is -2.49. The molecule has 0 saturated carbocycles. The summed E-state index contributed by atoms with van der Waals surface area (Å²) in [5.41, 5.74) is 0. The predicted molar refractivity (Wildman–Crippen MR) is 60.8 cm³/mol. The Balaban J connectivity index is 2.55. The van der Waals surface area contributed by atoms with Gasteiger partial charge >= 0.3 is 0 Å². The van der Waals surface area contributed by atoms with Crippen molar-refractivity contribution in [2.75, 3.05) is 20.1 Å². The molecule has 1 aliphatic rings. The van der Waals surface area contributed by atoms with E-state index in [1.807, 2.05) is 6.20 Å². The molecular formula is C11H23N3. The maximum Gasteiger partial charge on any atom is 0.0474 e. The summed E-state index contributed by atoms with van der Waals surface area (Å²) in [4.78, 5) is 0. The van der Waals surface area contributed by atoms with Gasteiger partial charge in [0.25, 0.3) is 0 Å². The number of hydrazine groups is 1. The third kappa shape index (κ3) is 2.72. The van der Waals surface area contributed by atoms with Gasteiger partial charge in [-0.2, -0.15) is 0 Å². The summed E-state index contributed by atoms with van der Waals surface area (Å²) in [5.74, 6) is 0. The quantitative estimate of drug-likeness (QED) is 0.688. The molecule has 0 aromatic carbocycles. The lowest BCUT2D eigenvalue weighted by Gasteiger charge is -2.41. The first-order valence-electron chi connectivity index (χ1n) is 5.51. The summed E-state index contributed by atoms with van der Waals surface area (Å²) in [7, 11) is 2.13. The van der Waals surface area contributed by atoms with Gasteiger partial charge < -0.3 is 10.3 Å². The van der Waals surface area contributed by atoms with Crippen LogP contribution >= 0.6 is 0 Å². The highest BCUT2D eigenvalue weighted by molar-refractivity contribution is 4.82. The third-order valence-corrected chi connectivity index (χ3v) is 2.98. The number of piperidine rings is 1. The van der Waals surface area contributed by atoms with Crippen molar-refractivity contribution in [2.45, 2.75) is 38.8 Å². The Labute approximate surface area is 87.7 Å². The molecule has 0 aliphatic carbocycles. The smallest absolute Gasteiger partial charge is 0.0474 e. The molecule has 0 unspecified atom stereocenters. The molecule has 1 aliphatic heterocycles. The minimum Gasteiger partial charge on any atom is -0.317 e. The van der Waals surface area contributed by atoms with E-state index in [9.17, 15) is 0 Å². The van der Waals surface area contributed by atoms with Crippen LogP contribution in [-0.2, 0) is 0 Å². The second kappa shape index (κ2) is 5.37. The van der Waals surface area contributed by atoms with Crippen molar-refractivity contribution < 1.29 is 0 Å². The lowest BCUT2D eigenvalue weighted by molar-refractivity contribution is -0.0257. The van der Waals surface area contributed by atoms with Crippen molar-refractivity contribution in [1.82, 2.24) is 15.3 Å². The average molecular weight is 197 g/mol. The predicted octanol–water partition coefficient (Wildman–Crippen LogP) is 1.44. The SMILES string of the molecule is C=CN(C1CCNCC1)N(C)C(C)C. The highest BCUT2D eigenvalue weighted by atomic mass is 15.6. The molecule has 1 fully saturated rings. The van der Waals surface area contributed by atoms with Gasteiger partial charge in [-0.3, -0.25) is 0 Å². The van der Waals surface area contributed by atoms with Crippen LogP contribution in [-0.4, -0.2) is 42.2 Å². The molecule has 0 radical (unpaired) electrons. The van der Waals surface area contributed by atoms with E-state index in [1.165, 1.54) is 12.8 Å². The van der Waals surface area contributed by atoms with Crippen molar-refractivity contribution in [2.24, 2.45) is 0 Å². The van der Waals surface area contributed by atoms with Gasteiger partial charge in [-0.05, 0) is 39.8 Å². The topological polar surface area (TPSA) is 18.5 Å². The molecule has 1 N–H and O–H groups in total. The van der Waals surface area contributed by atoms with Crippen LogP contribution in [0, 0.1) is 0 Å². The highest BCUT2D eigenvalue weighted by Crippen LogP contribution is 2.15. The number of nitrogens with one attached hydrogen (secondary N) is 1. The Bertz CT molecular complexity index is 173. The van der Waals surface area contributed by atoms with Crippen LogP contribution in [0.15, 0.2) is 12.8 Å². The molecule has 3 heteroatoms. The summed E-state index contributed by atoms with van der Waals surface area (Å²) in [6.07, 6.45) is 4.38. The second-order valence-corrected chi connectivity index (χ2v) is 4.21. The number of nitrogens with zero attached hydrogens (tertiary/aromatic N) is 2. The monoisotopic (exact) mass is 197 g/mol. The molecule has 0 aromatic heterocycles. The first-order chi connectivity index (χ1) is 6.66. The molecule has 0 spiro atoms. The normalized spacial score (nSPS) is 18.9. The lowest BCUT2D eigenvalue weighted by atomic mass is 10.1. The van der Waals surface area contributed by atoms with Crippen molar-refractivity contribution in [3.05, 3.63) is 12.8 Å². The fraction of sp³-hybridized carbons (Fsp3) is 0.818. The summed E-state index contributed by atoms with van der Waals surface area (Å²) >= 11 is 0. The van der Waals surface area contributed by atoms with Crippen molar-refractivity contribution in [1.29, 1.82) is 0 Å². The standard InChI is InChI=1S/C11H23N3/c1-5-14(13(4)10(2)3)11-6-8-12-9-7-11/h5,10-12H,1,6-9H2,2-4H3. The first-order valence-corrected chi connectivity index (χ1v) is 5.51. The molecule has 0 bridgehead atoms. The van der Waals surface area contributed by atoms with Gasteiger partial charge in [0.2, 0.25) is 0 Å². The molecule has 3 nitrogen and oxygen atoms in total. The summed E-state index contributed by atoms with van der Waals surface area (Å²) in [5, 5.41) is 7.93. The Kier molecular flexibility index (Phi) is 4.42. The molecular weight excluding hydrogens is 174 g/mol. The average Bonchev–Trinajstić information content (AvgIpc) is 2.20. The largest absolute Gasteiger partial charge is 0.317 e. The van der Waals surface area contributed by atoms with Crippen LogP contribution in [0.2, 0.25) is 0 Å². The van der Waals surface area contributed by atoms with Crippen LogP contribution in [0.5, 0.6) is 0 Å². The van der Waals surface area contributed by atoms with Gasteiger partial charge in [-0.25, -0.2) is 5.01 Å². The number of rotatable bonds is 4. The highest BCUT2D eigenvalue weighted by Gasteiger charge is 2.22. The maximum absolute atomic E-state index is 3.90. The van der Waals surface area contributed by atoms with E-state index in [4.69, 9.17) is 0 Å². The van der Waals surface area contributed by atoms with Gasteiger partial charge in [-0.1, -0.05) is 6.58 Å². The van der Waals surface area contributed by atoms with Gasteiger partial charge in [0.05, 0.1) is 0 Å². The van der Waals surface area contributed by atoms with E-state index in [2.05, 4.69) is 42.8 Å². The minimum absolute atomic E-state index is 0.530. The molecule has 0 amide bonds. The Hall–Kier alpha value is -0.540. The van der Waals surface area contributed by atoms with E-state index in [1.54, 1.807) is 0 Å². The van der Waals surface area contributed by atoms with Gasteiger partial charge in [-0.15, -0.1) is 0 Å². The van der Waals surface area contributed by atoms with Gasteiger partial charge in [0.15, 0.2) is 0 Å². The van der Waals surface area contributed by atoms with Crippen LogP contribution < -0.4 is 5.32 Å². The summed E-state index contributed by atoms with van der Waals surface area (Å²) in [6.45, 7) is 10.6. The Morgan fingerprint density at radius 2 is 1.93 bits per heavy atom. The summed E-state index contributed by atoms with van der Waals surface area (Å²) < 4.78 is 0. The van der Waals surface area contributed by atoms with E-state index in [-0.39, 0.29) is 0 Å². The Morgan fingerprint density at radius 3 is 2.36 bits per heavy atom. The van der Waals surface area contributed by atoms with Gasteiger partial charge in [0.1, 0.15) is 0 Å². The molecule has 1 saturated heterocycles. The Morgan fingerprint density at radius 1 is 1.36 bits per heavy atom. The number of hydrogen-bond donors (Lipinski definition) is 1. The van der Waals surface area contributed by atoms with Crippen molar-refractivity contribution >= 4 is 0 Å². The van der Waals surface area contributed by atoms with Crippen LogP contribution in [0.4, 0.5) is 0 Å². The molecule has 1 heterocycles. The van der Waals surface area contributed by atoms with E-state index in [0.717, 1.165) is 13.1 Å². The molecule has 1 rings (SSSR count). The molecule has 82 valence electrons. The van der Waals surface area contributed by atoms with Gasteiger partial charge in [0, 0.05) is 25.3 Å². The van der Waals surface area contributed by atoms with E-state index >= 15 is 0 Å². The third-order valence-electron chi connectivity index (χ3n) is 2.98. The van der Waals surface area contributed by atoms with Crippen LogP contribution in [0.25, 0.3) is 0 Å². The number of hydrogen-bond acceptors (Lipinski definition) is 3. The van der Waals surface area contributed by atoms with E-state index < -0.39 is 0 Å². The zero-order valence-electron chi connectivity index (χ0n) is 9.66. The maximum atomic E-state index is 3.90. The van der Waals surface area contributed by atoms with E-state index in [0.29, 0.717) is 12.1 Å². The zero-order chi connectivity index (χ0) is 10.6. The van der Waals surface area contributed by atoms with Crippen molar-refractivity contribution in [3.63, 3.8) is 0 Å². The minimum atomic E-state index is 0.530.